The number of piperidine rings is 1. The van der Waals surface area contributed by atoms with Gasteiger partial charge in [-0.2, -0.15) is 5.10 Å². The molecule has 1 saturated heterocycles. The summed E-state index contributed by atoms with van der Waals surface area (Å²) in [5.74, 6) is 1.32. The zero-order valence-corrected chi connectivity index (χ0v) is 13.8. The fraction of sp³-hybridized carbons (Fsp3) is 0.812. The lowest BCUT2D eigenvalue weighted by Crippen LogP contribution is -2.39. The van der Waals surface area contributed by atoms with Crippen LogP contribution in [0.25, 0.3) is 0 Å². The molecule has 1 aromatic heterocycles. The molecule has 1 fully saturated rings. The van der Waals surface area contributed by atoms with Crippen LogP contribution in [0.15, 0.2) is 0 Å². The van der Waals surface area contributed by atoms with E-state index in [1.807, 2.05) is 0 Å². The van der Waals surface area contributed by atoms with Crippen molar-refractivity contribution in [1.82, 2.24) is 15.1 Å². The summed E-state index contributed by atoms with van der Waals surface area (Å²) < 4.78 is 2.07. The van der Waals surface area contributed by atoms with E-state index in [0.717, 1.165) is 31.9 Å². The van der Waals surface area contributed by atoms with Gasteiger partial charge in [0.1, 0.15) is 5.82 Å². The first-order valence-electron chi connectivity index (χ1n) is 7.93. The summed E-state index contributed by atoms with van der Waals surface area (Å²) in [5.41, 5.74) is 3.03. The third-order valence-electron chi connectivity index (χ3n) is 4.46. The summed E-state index contributed by atoms with van der Waals surface area (Å²) in [5, 5.41) is 8.16. The van der Waals surface area contributed by atoms with Gasteiger partial charge in [-0.05, 0) is 38.1 Å². The molecule has 20 heavy (non-hydrogen) atoms. The zero-order chi connectivity index (χ0) is 14.8. The standard InChI is InChI=1S/C16H30N4/c1-6-9-17-12-14-13(2)18-19(5)15(14)20-10-7-16(3,4)8-11-20/h17H,6-12H2,1-5H3. The number of aromatic nitrogens is 2. The van der Waals surface area contributed by atoms with Crippen molar-refractivity contribution in [3.8, 4) is 0 Å². The van der Waals surface area contributed by atoms with E-state index in [0.29, 0.717) is 5.41 Å². The first-order valence-corrected chi connectivity index (χ1v) is 7.93. The summed E-state index contributed by atoms with van der Waals surface area (Å²) >= 11 is 0. The van der Waals surface area contributed by atoms with Crippen LogP contribution >= 0.6 is 0 Å². The first kappa shape index (κ1) is 15.4. The van der Waals surface area contributed by atoms with Crippen LogP contribution in [0.2, 0.25) is 0 Å². The maximum atomic E-state index is 4.64. The average molecular weight is 278 g/mol. The second-order valence-electron chi connectivity index (χ2n) is 6.84. The number of hydrogen-bond acceptors (Lipinski definition) is 3. The highest BCUT2D eigenvalue weighted by molar-refractivity contribution is 5.50. The van der Waals surface area contributed by atoms with Crippen LogP contribution in [0.4, 0.5) is 5.82 Å². The molecule has 4 heteroatoms. The highest BCUT2D eigenvalue weighted by Crippen LogP contribution is 2.33. The molecule has 1 aliphatic rings. The summed E-state index contributed by atoms with van der Waals surface area (Å²) in [6.07, 6.45) is 3.70. The highest BCUT2D eigenvalue weighted by Gasteiger charge is 2.28. The molecular weight excluding hydrogens is 248 g/mol. The van der Waals surface area contributed by atoms with Crippen LogP contribution in [0, 0.1) is 12.3 Å². The summed E-state index contributed by atoms with van der Waals surface area (Å²) in [6, 6.07) is 0. The van der Waals surface area contributed by atoms with Gasteiger partial charge in [0.25, 0.3) is 0 Å². The minimum Gasteiger partial charge on any atom is -0.357 e. The van der Waals surface area contributed by atoms with E-state index in [1.54, 1.807) is 0 Å². The van der Waals surface area contributed by atoms with Crippen LogP contribution in [0.3, 0.4) is 0 Å². The molecule has 0 atom stereocenters. The van der Waals surface area contributed by atoms with E-state index in [4.69, 9.17) is 0 Å². The van der Waals surface area contributed by atoms with Crippen molar-refractivity contribution in [1.29, 1.82) is 0 Å². The Bertz CT molecular complexity index is 438. The van der Waals surface area contributed by atoms with Crippen LogP contribution in [0.1, 0.15) is 51.3 Å². The van der Waals surface area contributed by atoms with Gasteiger partial charge in [-0.15, -0.1) is 0 Å². The third-order valence-corrected chi connectivity index (χ3v) is 4.46. The quantitative estimate of drug-likeness (QED) is 0.841. The molecule has 1 N–H and O–H groups in total. The van der Waals surface area contributed by atoms with Crippen molar-refractivity contribution in [2.75, 3.05) is 24.5 Å². The minimum absolute atomic E-state index is 0.491. The maximum absolute atomic E-state index is 4.64. The number of nitrogens with one attached hydrogen (secondary N) is 1. The first-order chi connectivity index (χ1) is 9.44. The average Bonchev–Trinajstić information content (AvgIpc) is 2.65. The van der Waals surface area contributed by atoms with Gasteiger partial charge in [0.2, 0.25) is 0 Å². The highest BCUT2D eigenvalue weighted by atomic mass is 15.4. The Balaban J connectivity index is 2.14. The molecule has 0 amide bonds. The second-order valence-corrected chi connectivity index (χ2v) is 6.84. The van der Waals surface area contributed by atoms with Crippen molar-refractivity contribution in [2.24, 2.45) is 12.5 Å². The molecule has 0 unspecified atom stereocenters. The van der Waals surface area contributed by atoms with Gasteiger partial charge in [0.15, 0.2) is 0 Å². The van der Waals surface area contributed by atoms with Gasteiger partial charge in [-0.1, -0.05) is 20.8 Å². The van der Waals surface area contributed by atoms with E-state index in [2.05, 4.69) is 54.7 Å². The van der Waals surface area contributed by atoms with Crippen molar-refractivity contribution < 1.29 is 0 Å². The fourth-order valence-electron chi connectivity index (χ4n) is 3.01. The molecule has 0 saturated carbocycles. The van der Waals surface area contributed by atoms with Gasteiger partial charge in [-0.3, -0.25) is 4.68 Å². The second kappa shape index (κ2) is 6.17. The predicted molar refractivity (Wildman–Crippen MR) is 85.2 cm³/mol. The molecule has 0 radical (unpaired) electrons. The van der Waals surface area contributed by atoms with Gasteiger partial charge < -0.3 is 10.2 Å². The monoisotopic (exact) mass is 278 g/mol. The van der Waals surface area contributed by atoms with Crippen LogP contribution in [-0.4, -0.2) is 29.4 Å². The Morgan fingerprint density at radius 1 is 1.25 bits per heavy atom. The number of aryl methyl sites for hydroxylation is 2. The van der Waals surface area contributed by atoms with Crippen molar-refractivity contribution >= 4 is 5.82 Å². The number of rotatable bonds is 5. The molecule has 1 aliphatic heterocycles. The largest absolute Gasteiger partial charge is 0.357 e. The summed E-state index contributed by atoms with van der Waals surface area (Å²) in [7, 11) is 2.07. The summed E-state index contributed by atoms with van der Waals surface area (Å²) in [6.45, 7) is 13.4. The van der Waals surface area contributed by atoms with Crippen LogP contribution in [-0.2, 0) is 13.6 Å². The normalized spacial score (nSPS) is 18.6. The molecular formula is C16H30N4. The smallest absolute Gasteiger partial charge is 0.131 e. The van der Waals surface area contributed by atoms with Crippen molar-refractivity contribution in [3.05, 3.63) is 11.3 Å². The fourth-order valence-corrected chi connectivity index (χ4v) is 3.01. The number of anilines is 1. The van der Waals surface area contributed by atoms with Crippen molar-refractivity contribution in [3.63, 3.8) is 0 Å². The molecule has 0 spiro atoms. The molecule has 0 aliphatic carbocycles. The Morgan fingerprint density at radius 3 is 2.50 bits per heavy atom. The molecule has 1 aromatic rings. The van der Waals surface area contributed by atoms with E-state index in [-0.39, 0.29) is 0 Å². The maximum Gasteiger partial charge on any atom is 0.131 e. The van der Waals surface area contributed by atoms with E-state index in [1.165, 1.54) is 30.6 Å². The summed E-state index contributed by atoms with van der Waals surface area (Å²) in [4.78, 5) is 2.52. The Hall–Kier alpha value is -1.03. The Kier molecular flexibility index (Phi) is 4.74. The van der Waals surface area contributed by atoms with Gasteiger partial charge in [0, 0.05) is 32.2 Å². The Morgan fingerprint density at radius 2 is 1.90 bits per heavy atom. The van der Waals surface area contributed by atoms with E-state index in [9.17, 15) is 0 Å². The molecule has 4 nitrogen and oxygen atoms in total. The molecule has 2 rings (SSSR count). The van der Waals surface area contributed by atoms with Crippen LogP contribution < -0.4 is 10.2 Å². The lowest BCUT2D eigenvalue weighted by Gasteiger charge is -2.38. The van der Waals surface area contributed by atoms with E-state index < -0.39 is 0 Å². The third kappa shape index (κ3) is 3.35. The zero-order valence-electron chi connectivity index (χ0n) is 13.8. The SMILES string of the molecule is CCCNCc1c(C)nn(C)c1N1CCC(C)(C)CC1. The molecule has 2 heterocycles. The number of nitrogens with zero attached hydrogens (tertiary/aromatic N) is 3. The minimum atomic E-state index is 0.491. The number of hydrogen-bond donors (Lipinski definition) is 1. The van der Waals surface area contributed by atoms with Gasteiger partial charge >= 0.3 is 0 Å². The molecule has 114 valence electrons. The van der Waals surface area contributed by atoms with Gasteiger partial charge in [0.05, 0.1) is 5.69 Å². The topological polar surface area (TPSA) is 33.1 Å². The van der Waals surface area contributed by atoms with Crippen molar-refractivity contribution in [2.45, 2.75) is 53.5 Å². The van der Waals surface area contributed by atoms with Crippen LogP contribution in [0.5, 0.6) is 0 Å². The lowest BCUT2D eigenvalue weighted by atomic mass is 9.82. The molecule has 0 aromatic carbocycles. The Labute approximate surface area is 123 Å². The lowest BCUT2D eigenvalue weighted by molar-refractivity contribution is 0.278. The van der Waals surface area contributed by atoms with E-state index >= 15 is 0 Å². The molecule has 0 bridgehead atoms. The van der Waals surface area contributed by atoms with Gasteiger partial charge in [-0.25, -0.2) is 0 Å². The predicted octanol–water partition coefficient (Wildman–Crippen LogP) is 2.85.